The van der Waals surface area contributed by atoms with Crippen molar-refractivity contribution in [1.29, 1.82) is 10.5 Å². The van der Waals surface area contributed by atoms with Crippen molar-refractivity contribution >= 4 is 75.1 Å². The lowest BCUT2D eigenvalue weighted by Crippen LogP contribution is -1.96. The minimum absolute atomic E-state index is 0.646. The minimum Gasteiger partial charge on any atom is -0.309 e. The Labute approximate surface area is 250 Å². The summed E-state index contributed by atoms with van der Waals surface area (Å²) >= 11 is 1.76. The van der Waals surface area contributed by atoms with E-state index >= 15 is 0 Å². The Kier molecular flexibility index (Phi) is 4.87. The van der Waals surface area contributed by atoms with Crippen molar-refractivity contribution in [2.45, 2.75) is 0 Å². The second kappa shape index (κ2) is 8.81. The van der Waals surface area contributed by atoms with Crippen LogP contribution in [0.3, 0.4) is 0 Å². The summed E-state index contributed by atoms with van der Waals surface area (Å²) < 4.78 is 7.00. The SMILES string of the molecule is N#Cc1ccc2sc3ccc(-n4c5ccccc5c5cc(-n6c7ccccc7c7ccc(C#N)cc76)ccc54)cc3c2c1. The number of nitriles is 2. The molecule has 3 aromatic heterocycles. The van der Waals surface area contributed by atoms with E-state index in [4.69, 9.17) is 0 Å². The van der Waals surface area contributed by atoms with Gasteiger partial charge in [-0.25, -0.2) is 0 Å². The molecule has 0 aliphatic heterocycles. The summed E-state index contributed by atoms with van der Waals surface area (Å²) in [6.07, 6.45) is 0. The third kappa shape index (κ3) is 3.35. The highest BCUT2D eigenvalue weighted by Crippen LogP contribution is 2.39. The van der Waals surface area contributed by atoms with E-state index in [0.29, 0.717) is 11.1 Å². The molecule has 0 saturated heterocycles. The zero-order chi connectivity index (χ0) is 28.7. The molecule has 43 heavy (non-hydrogen) atoms. The van der Waals surface area contributed by atoms with E-state index in [1.165, 1.54) is 20.2 Å². The topological polar surface area (TPSA) is 57.4 Å². The van der Waals surface area contributed by atoms with E-state index in [9.17, 15) is 10.5 Å². The standard InChI is InChI=1S/C38H20N4S/c39-21-23-10-15-37-31(17-23)32-20-26(12-16-38(32)43-37)41-34-8-4-2-6-28(34)30-19-25(11-14-35(30)41)42-33-7-3-1-5-27(33)29-13-9-24(22-40)18-36(29)42/h1-20H. The molecule has 4 nitrogen and oxygen atoms in total. The lowest BCUT2D eigenvalue weighted by molar-refractivity contribution is 1.17. The number of thiophene rings is 1. The van der Waals surface area contributed by atoms with Crippen LogP contribution in [0.4, 0.5) is 0 Å². The fourth-order valence-corrected chi connectivity index (χ4v) is 7.74. The summed E-state index contributed by atoms with van der Waals surface area (Å²) in [5.74, 6) is 0. The van der Waals surface area contributed by atoms with E-state index in [1.807, 2.05) is 24.3 Å². The molecule has 0 fully saturated rings. The van der Waals surface area contributed by atoms with Gasteiger partial charge in [-0.15, -0.1) is 11.3 Å². The Bertz CT molecular complexity index is 2710. The number of fused-ring (bicyclic) bond motifs is 9. The van der Waals surface area contributed by atoms with Gasteiger partial charge in [-0.05, 0) is 78.9 Å². The Hall–Kier alpha value is -5.88. The molecule has 0 amide bonds. The largest absolute Gasteiger partial charge is 0.309 e. The van der Waals surface area contributed by atoms with E-state index in [1.54, 1.807) is 11.3 Å². The molecule has 0 saturated carbocycles. The lowest BCUT2D eigenvalue weighted by Gasteiger charge is -2.11. The maximum absolute atomic E-state index is 9.67. The number of benzene rings is 6. The van der Waals surface area contributed by atoms with Crippen LogP contribution < -0.4 is 0 Å². The average molecular weight is 565 g/mol. The number of hydrogen-bond acceptors (Lipinski definition) is 3. The molecule has 0 unspecified atom stereocenters. The van der Waals surface area contributed by atoms with Crippen LogP contribution in [0.15, 0.2) is 121 Å². The normalized spacial score (nSPS) is 11.7. The van der Waals surface area contributed by atoms with Crippen LogP contribution in [0, 0.1) is 22.7 Å². The van der Waals surface area contributed by atoms with Gasteiger partial charge in [0.2, 0.25) is 0 Å². The Morgan fingerprint density at radius 1 is 0.419 bits per heavy atom. The molecule has 0 spiro atoms. The van der Waals surface area contributed by atoms with Gasteiger partial charge in [-0.3, -0.25) is 0 Å². The molecular weight excluding hydrogens is 545 g/mol. The maximum atomic E-state index is 9.67. The third-order valence-corrected chi connectivity index (χ3v) is 9.71. The highest BCUT2D eigenvalue weighted by molar-refractivity contribution is 7.25. The van der Waals surface area contributed by atoms with Gasteiger partial charge >= 0.3 is 0 Å². The maximum Gasteiger partial charge on any atom is 0.0992 e. The summed E-state index contributed by atoms with van der Waals surface area (Å²) in [6, 6.07) is 46.8. The number of rotatable bonds is 2. The smallest absolute Gasteiger partial charge is 0.0992 e. The van der Waals surface area contributed by atoms with E-state index in [-0.39, 0.29) is 0 Å². The molecule has 198 valence electrons. The fraction of sp³-hybridized carbons (Fsp3) is 0. The third-order valence-electron chi connectivity index (χ3n) is 8.56. The summed E-state index contributed by atoms with van der Waals surface area (Å²) in [7, 11) is 0. The molecule has 3 heterocycles. The number of aromatic nitrogens is 2. The molecule has 9 aromatic rings. The molecule has 6 aromatic carbocycles. The van der Waals surface area contributed by atoms with Crippen LogP contribution in [-0.2, 0) is 0 Å². The first-order valence-electron chi connectivity index (χ1n) is 14.1. The van der Waals surface area contributed by atoms with E-state index < -0.39 is 0 Å². The summed E-state index contributed by atoms with van der Waals surface area (Å²) in [6.45, 7) is 0. The Morgan fingerprint density at radius 2 is 0.930 bits per heavy atom. The zero-order valence-electron chi connectivity index (χ0n) is 22.7. The van der Waals surface area contributed by atoms with Crippen molar-refractivity contribution in [2.24, 2.45) is 0 Å². The summed E-state index contributed by atoms with van der Waals surface area (Å²) in [5, 5.41) is 26.1. The van der Waals surface area contributed by atoms with Crippen LogP contribution in [0.1, 0.15) is 11.1 Å². The lowest BCUT2D eigenvalue weighted by atomic mass is 10.1. The van der Waals surface area contributed by atoms with Crippen LogP contribution in [0.2, 0.25) is 0 Å². The highest BCUT2D eigenvalue weighted by Gasteiger charge is 2.17. The molecule has 5 heteroatoms. The number of nitrogens with zero attached hydrogens (tertiary/aromatic N) is 4. The molecule has 0 atom stereocenters. The number of hydrogen-bond donors (Lipinski definition) is 0. The molecule has 0 aliphatic rings. The van der Waals surface area contributed by atoms with Gasteiger partial charge in [0.05, 0.1) is 45.3 Å². The zero-order valence-corrected chi connectivity index (χ0v) is 23.6. The van der Waals surface area contributed by atoms with Crippen molar-refractivity contribution < 1.29 is 0 Å². The molecule has 0 radical (unpaired) electrons. The predicted molar refractivity (Wildman–Crippen MR) is 177 cm³/mol. The molecular formula is C38H20N4S. The number of para-hydroxylation sites is 2. The molecule has 0 aliphatic carbocycles. The van der Waals surface area contributed by atoms with Gasteiger partial charge in [0.25, 0.3) is 0 Å². The second-order valence-corrected chi connectivity index (χ2v) is 11.9. The van der Waals surface area contributed by atoms with Crippen molar-refractivity contribution in [3.05, 3.63) is 132 Å². The minimum atomic E-state index is 0.646. The van der Waals surface area contributed by atoms with E-state index in [2.05, 4.69) is 118 Å². The molecule has 9 rings (SSSR count). The van der Waals surface area contributed by atoms with Gasteiger partial charge in [-0.2, -0.15) is 10.5 Å². The molecule has 0 bridgehead atoms. The molecule has 0 N–H and O–H groups in total. The van der Waals surface area contributed by atoms with E-state index in [0.717, 1.165) is 55.0 Å². The quantitative estimate of drug-likeness (QED) is 0.210. The van der Waals surface area contributed by atoms with Gasteiger partial charge in [0, 0.05) is 53.1 Å². The first-order chi connectivity index (χ1) is 21.2. The van der Waals surface area contributed by atoms with Crippen molar-refractivity contribution in [2.75, 3.05) is 0 Å². The second-order valence-electron chi connectivity index (χ2n) is 10.9. The van der Waals surface area contributed by atoms with Crippen molar-refractivity contribution in [3.8, 4) is 23.5 Å². The Balaban J connectivity index is 1.33. The van der Waals surface area contributed by atoms with Crippen LogP contribution in [0.5, 0.6) is 0 Å². The first kappa shape index (κ1) is 23.8. The first-order valence-corrected chi connectivity index (χ1v) is 14.9. The van der Waals surface area contributed by atoms with Gasteiger partial charge in [0.15, 0.2) is 0 Å². The fourth-order valence-electron chi connectivity index (χ4n) is 6.67. The van der Waals surface area contributed by atoms with Crippen molar-refractivity contribution in [1.82, 2.24) is 9.13 Å². The van der Waals surface area contributed by atoms with Crippen LogP contribution in [-0.4, -0.2) is 9.13 Å². The van der Waals surface area contributed by atoms with Crippen molar-refractivity contribution in [3.63, 3.8) is 0 Å². The predicted octanol–water partition coefficient (Wildman–Crippen LogP) is 9.99. The van der Waals surface area contributed by atoms with Gasteiger partial charge in [0.1, 0.15) is 0 Å². The van der Waals surface area contributed by atoms with Crippen LogP contribution in [0.25, 0.3) is 75.2 Å². The Morgan fingerprint density at radius 3 is 1.67 bits per heavy atom. The average Bonchev–Trinajstić information content (AvgIpc) is 3.71. The van der Waals surface area contributed by atoms with Gasteiger partial charge < -0.3 is 9.13 Å². The summed E-state index contributed by atoms with van der Waals surface area (Å²) in [4.78, 5) is 0. The monoisotopic (exact) mass is 564 g/mol. The highest BCUT2D eigenvalue weighted by atomic mass is 32.1. The van der Waals surface area contributed by atoms with Gasteiger partial charge in [-0.1, -0.05) is 42.5 Å². The van der Waals surface area contributed by atoms with Crippen LogP contribution >= 0.6 is 11.3 Å². The summed E-state index contributed by atoms with van der Waals surface area (Å²) in [5.41, 5.74) is 7.86.